The van der Waals surface area contributed by atoms with Gasteiger partial charge in [0.15, 0.2) is 0 Å². The second kappa shape index (κ2) is 12.6. The molecule has 0 aliphatic rings. The molecule has 0 saturated heterocycles. The molecule has 2 nitrogen and oxygen atoms in total. The minimum atomic E-state index is -0.620. The average molecular weight is 391 g/mol. The normalized spacial score (nSPS) is 9.69. The first-order chi connectivity index (χ1) is 12.5. The van der Waals surface area contributed by atoms with Crippen LogP contribution in [0.25, 0.3) is 0 Å². The number of carbonyl (C=O) groups excluding carboxylic acids is 2. The van der Waals surface area contributed by atoms with Crippen molar-refractivity contribution >= 4 is 33.7 Å². The Bertz CT molecular complexity index is 692. The van der Waals surface area contributed by atoms with Crippen molar-refractivity contribution in [2.45, 2.75) is 65.2 Å². The molecule has 0 amide bonds. The van der Waals surface area contributed by atoms with Crippen LogP contribution in [0.1, 0.15) is 97.1 Å². The number of benzene rings is 1. The molecule has 0 spiro atoms. The van der Waals surface area contributed by atoms with Gasteiger partial charge in [-0.2, -0.15) is 0 Å². The Hall–Kier alpha value is -1.74. The van der Waals surface area contributed by atoms with E-state index in [0.717, 1.165) is 51.4 Å². The molecule has 1 aromatic rings. The molecule has 1 rings (SSSR count). The zero-order valence-electron chi connectivity index (χ0n) is 15.4. The zero-order chi connectivity index (χ0) is 19.4. The van der Waals surface area contributed by atoms with E-state index in [1.165, 1.54) is 12.1 Å². The van der Waals surface area contributed by atoms with E-state index in [4.69, 9.17) is 23.2 Å². The van der Waals surface area contributed by atoms with Crippen LogP contribution in [-0.4, -0.2) is 10.5 Å². The summed E-state index contributed by atoms with van der Waals surface area (Å²) in [6, 6.07) is 3.04. The van der Waals surface area contributed by atoms with E-state index in [9.17, 15) is 9.59 Å². The van der Waals surface area contributed by atoms with Crippen molar-refractivity contribution in [2.24, 2.45) is 0 Å². The summed E-state index contributed by atoms with van der Waals surface area (Å²) < 4.78 is 0. The van der Waals surface area contributed by atoms with Crippen molar-refractivity contribution in [2.75, 3.05) is 0 Å². The van der Waals surface area contributed by atoms with Crippen LogP contribution < -0.4 is 0 Å². The van der Waals surface area contributed by atoms with Gasteiger partial charge in [-0.15, -0.1) is 0 Å². The second-order valence-corrected chi connectivity index (χ2v) is 6.70. The fourth-order valence-corrected chi connectivity index (χ4v) is 2.69. The van der Waals surface area contributed by atoms with Gasteiger partial charge >= 0.3 is 0 Å². The molecule has 0 aromatic heterocycles. The molecule has 0 atom stereocenters. The predicted octanol–water partition coefficient (Wildman–Crippen LogP) is 6.31. The first kappa shape index (κ1) is 22.3. The summed E-state index contributed by atoms with van der Waals surface area (Å²) in [5, 5.41) is -1.24. The van der Waals surface area contributed by atoms with E-state index in [0.29, 0.717) is 11.1 Å². The quantitative estimate of drug-likeness (QED) is 0.296. The van der Waals surface area contributed by atoms with Gasteiger partial charge in [0, 0.05) is 24.0 Å². The lowest BCUT2D eigenvalue weighted by Gasteiger charge is -2.05. The Morgan fingerprint density at radius 3 is 1.46 bits per heavy atom. The van der Waals surface area contributed by atoms with Gasteiger partial charge in [-0.25, -0.2) is 0 Å². The van der Waals surface area contributed by atoms with E-state index < -0.39 is 10.5 Å². The van der Waals surface area contributed by atoms with E-state index in [2.05, 4.69) is 37.5 Å². The first-order valence-corrected chi connectivity index (χ1v) is 9.82. The largest absolute Gasteiger partial charge is 0.276 e. The third-order valence-electron chi connectivity index (χ3n) is 3.84. The van der Waals surface area contributed by atoms with Crippen LogP contribution in [0.4, 0.5) is 0 Å². The van der Waals surface area contributed by atoms with Gasteiger partial charge in [0.2, 0.25) is 0 Å². The Morgan fingerprint density at radius 1 is 0.769 bits per heavy atom. The molecule has 0 N–H and O–H groups in total. The molecule has 26 heavy (non-hydrogen) atoms. The van der Waals surface area contributed by atoms with Gasteiger partial charge in [0.25, 0.3) is 10.5 Å². The average Bonchev–Trinajstić information content (AvgIpc) is 2.61. The van der Waals surface area contributed by atoms with Crippen LogP contribution in [-0.2, 0) is 0 Å². The number of hydrogen-bond acceptors (Lipinski definition) is 2. The molecule has 0 saturated carbocycles. The molecule has 0 aliphatic heterocycles. The van der Waals surface area contributed by atoms with Crippen LogP contribution >= 0.6 is 23.2 Å². The van der Waals surface area contributed by atoms with Crippen LogP contribution in [0.15, 0.2) is 12.1 Å². The molecule has 0 heterocycles. The maximum atomic E-state index is 11.8. The van der Waals surface area contributed by atoms with E-state index in [1.807, 2.05) is 0 Å². The lowest BCUT2D eigenvalue weighted by atomic mass is 9.99. The monoisotopic (exact) mass is 390 g/mol. The Kier molecular flexibility index (Phi) is 10.8. The van der Waals surface area contributed by atoms with Gasteiger partial charge in [-0.05, 0) is 48.2 Å². The van der Waals surface area contributed by atoms with Gasteiger partial charge in [-0.3, -0.25) is 9.59 Å². The highest BCUT2D eigenvalue weighted by Gasteiger charge is 2.15. The lowest BCUT2D eigenvalue weighted by Crippen LogP contribution is -2.02. The van der Waals surface area contributed by atoms with E-state index >= 15 is 0 Å². The number of hydrogen-bond donors (Lipinski definition) is 0. The summed E-state index contributed by atoms with van der Waals surface area (Å²) in [4.78, 5) is 23.6. The molecule has 4 heteroatoms. The summed E-state index contributed by atoms with van der Waals surface area (Å²) in [5.41, 5.74) is 1.35. The summed E-state index contributed by atoms with van der Waals surface area (Å²) in [7, 11) is 0. The molecule has 0 aliphatic carbocycles. The number of carbonyl (C=O) groups is 2. The van der Waals surface area contributed by atoms with Crippen LogP contribution in [0, 0.1) is 23.7 Å². The highest BCUT2D eigenvalue weighted by Crippen LogP contribution is 2.20. The Labute approximate surface area is 166 Å². The van der Waals surface area contributed by atoms with Gasteiger partial charge in [-0.1, -0.05) is 63.2 Å². The standard InChI is InChI=1S/C22H24Cl2O2/c1-3-5-7-9-11-13-17-15-20(22(24)26)18(16-19(17)21(23)25)14-12-10-8-6-4-2/h15-16H,3-10H2,1-2H3. The number of unbranched alkanes of at least 4 members (excludes halogenated alkanes) is 6. The van der Waals surface area contributed by atoms with Crippen molar-refractivity contribution in [3.63, 3.8) is 0 Å². The van der Waals surface area contributed by atoms with Gasteiger partial charge < -0.3 is 0 Å². The maximum Gasteiger partial charge on any atom is 0.253 e. The van der Waals surface area contributed by atoms with Crippen LogP contribution in [0.2, 0.25) is 0 Å². The molecule has 1 aromatic carbocycles. The lowest BCUT2D eigenvalue weighted by molar-refractivity contribution is 0.107. The molecule has 0 unspecified atom stereocenters. The Morgan fingerprint density at radius 2 is 1.15 bits per heavy atom. The predicted molar refractivity (Wildman–Crippen MR) is 109 cm³/mol. The van der Waals surface area contributed by atoms with Gasteiger partial charge in [0.05, 0.1) is 11.1 Å². The number of rotatable bonds is 8. The summed E-state index contributed by atoms with van der Waals surface area (Å²) in [5.74, 6) is 12.0. The summed E-state index contributed by atoms with van der Waals surface area (Å²) in [6.45, 7) is 4.25. The van der Waals surface area contributed by atoms with Crippen molar-refractivity contribution in [3.05, 3.63) is 34.4 Å². The summed E-state index contributed by atoms with van der Waals surface area (Å²) >= 11 is 11.4. The Balaban J connectivity index is 3.18. The fraction of sp³-hybridized carbons (Fsp3) is 0.455. The topological polar surface area (TPSA) is 34.1 Å². The van der Waals surface area contributed by atoms with E-state index in [-0.39, 0.29) is 11.1 Å². The smallest absolute Gasteiger partial charge is 0.253 e. The van der Waals surface area contributed by atoms with Crippen LogP contribution in [0.5, 0.6) is 0 Å². The molecule has 0 bridgehead atoms. The summed E-state index contributed by atoms with van der Waals surface area (Å²) in [6.07, 6.45) is 7.89. The molecular weight excluding hydrogens is 367 g/mol. The molecular formula is C22H24Cl2O2. The highest BCUT2D eigenvalue weighted by molar-refractivity contribution is 6.69. The van der Waals surface area contributed by atoms with Crippen LogP contribution in [0.3, 0.4) is 0 Å². The minimum Gasteiger partial charge on any atom is -0.276 e. The first-order valence-electron chi connectivity index (χ1n) is 9.06. The van der Waals surface area contributed by atoms with E-state index in [1.54, 1.807) is 0 Å². The fourth-order valence-electron chi connectivity index (χ4n) is 2.37. The SMILES string of the molecule is CCCCCC#Cc1cc(C(=O)Cl)c(C#CCCCCC)cc1C(=O)Cl. The van der Waals surface area contributed by atoms with Crippen molar-refractivity contribution in [3.8, 4) is 23.7 Å². The minimum absolute atomic E-state index is 0.259. The van der Waals surface area contributed by atoms with Gasteiger partial charge in [0.1, 0.15) is 0 Å². The molecule has 0 fully saturated rings. The van der Waals surface area contributed by atoms with Crippen molar-refractivity contribution < 1.29 is 9.59 Å². The second-order valence-electron chi connectivity index (χ2n) is 6.01. The number of halogens is 2. The maximum absolute atomic E-state index is 11.8. The molecule has 138 valence electrons. The van der Waals surface area contributed by atoms with Crippen molar-refractivity contribution in [1.29, 1.82) is 0 Å². The zero-order valence-corrected chi connectivity index (χ0v) is 16.9. The third-order valence-corrected chi connectivity index (χ3v) is 4.25. The highest BCUT2D eigenvalue weighted by atomic mass is 35.5. The third kappa shape index (κ3) is 7.65. The molecule has 0 radical (unpaired) electrons. The van der Waals surface area contributed by atoms with Crippen molar-refractivity contribution in [1.82, 2.24) is 0 Å².